The first-order valence-electron chi connectivity index (χ1n) is 8.99. The maximum absolute atomic E-state index is 12.0. The zero-order valence-corrected chi connectivity index (χ0v) is 16.2. The molecule has 144 valence electrons. The highest BCUT2D eigenvalue weighted by molar-refractivity contribution is 7.99. The number of rotatable bonds is 7. The maximum Gasteiger partial charge on any atom is 0.250 e. The first-order chi connectivity index (χ1) is 14.3. The summed E-state index contributed by atoms with van der Waals surface area (Å²) in [5.41, 5.74) is 5.22. The molecule has 0 unspecified atom stereocenters. The minimum atomic E-state index is -0.198. The molecule has 0 radical (unpaired) electrons. The van der Waals surface area contributed by atoms with Crippen molar-refractivity contribution in [2.24, 2.45) is 5.10 Å². The summed E-state index contributed by atoms with van der Waals surface area (Å²) in [6.45, 7) is 0. The van der Waals surface area contributed by atoms with Crippen molar-refractivity contribution in [2.75, 3.05) is 5.75 Å². The van der Waals surface area contributed by atoms with Gasteiger partial charge in [-0.2, -0.15) is 5.10 Å². The lowest BCUT2D eigenvalue weighted by atomic mass is 10.2. The predicted molar refractivity (Wildman–Crippen MR) is 116 cm³/mol. The number of amides is 1. The Bertz CT molecular complexity index is 1090. The Morgan fingerprint density at radius 2 is 1.72 bits per heavy atom. The molecule has 0 saturated heterocycles. The van der Waals surface area contributed by atoms with Crippen LogP contribution in [-0.2, 0) is 4.79 Å². The SMILES string of the molecule is O=C(CSc1nc2ccccc2[nH]1)N/N=C\c1ccc(Oc2ccccc2)cc1. The number of ether oxygens (including phenoxy) is 1. The fourth-order valence-electron chi connectivity index (χ4n) is 2.59. The minimum absolute atomic E-state index is 0.198. The van der Waals surface area contributed by atoms with E-state index in [1.807, 2.05) is 78.9 Å². The van der Waals surface area contributed by atoms with Gasteiger partial charge in [-0.15, -0.1) is 0 Å². The van der Waals surface area contributed by atoms with E-state index in [1.165, 1.54) is 11.8 Å². The lowest BCUT2D eigenvalue weighted by Gasteiger charge is -2.05. The highest BCUT2D eigenvalue weighted by Crippen LogP contribution is 2.21. The van der Waals surface area contributed by atoms with E-state index in [0.717, 1.165) is 28.1 Å². The normalized spacial score (nSPS) is 11.0. The molecular weight excluding hydrogens is 384 g/mol. The molecule has 3 aromatic carbocycles. The molecule has 6 nitrogen and oxygen atoms in total. The van der Waals surface area contributed by atoms with Crippen LogP contribution in [0.25, 0.3) is 11.0 Å². The number of aromatic nitrogens is 2. The lowest BCUT2D eigenvalue weighted by Crippen LogP contribution is -2.19. The Morgan fingerprint density at radius 3 is 2.52 bits per heavy atom. The molecule has 0 bridgehead atoms. The van der Waals surface area contributed by atoms with Crippen molar-refractivity contribution in [1.29, 1.82) is 0 Å². The van der Waals surface area contributed by atoms with E-state index in [9.17, 15) is 4.79 Å². The summed E-state index contributed by atoms with van der Waals surface area (Å²) in [6, 6.07) is 24.8. The summed E-state index contributed by atoms with van der Waals surface area (Å²) >= 11 is 1.33. The molecule has 4 aromatic rings. The largest absolute Gasteiger partial charge is 0.457 e. The van der Waals surface area contributed by atoms with Crippen LogP contribution in [0.1, 0.15) is 5.56 Å². The molecule has 0 fully saturated rings. The fraction of sp³-hybridized carbons (Fsp3) is 0.0455. The zero-order chi connectivity index (χ0) is 19.9. The van der Waals surface area contributed by atoms with Gasteiger partial charge in [0.25, 0.3) is 5.91 Å². The Morgan fingerprint density at radius 1 is 1.00 bits per heavy atom. The van der Waals surface area contributed by atoms with E-state index >= 15 is 0 Å². The number of thioether (sulfide) groups is 1. The van der Waals surface area contributed by atoms with Gasteiger partial charge >= 0.3 is 0 Å². The molecule has 1 amide bonds. The lowest BCUT2D eigenvalue weighted by molar-refractivity contribution is -0.118. The molecule has 0 aliphatic heterocycles. The van der Waals surface area contributed by atoms with Crippen molar-refractivity contribution < 1.29 is 9.53 Å². The molecule has 7 heteroatoms. The Hall–Kier alpha value is -3.58. The summed E-state index contributed by atoms with van der Waals surface area (Å²) in [4.78, 5) is 19.6. The van der Waals surface area contributed by atoms with Crippen molar-refractivity contribution in [3.05, 3.63) is 84.4 Å². The minimum Gasteiger partial charge on any atom is -0.457 e. The van der Waals surface area contributed by atoms with Gasteiger partial charge in [-0.05, 0) is 54.1 Å². The van der Waals surface area contributed by atoms with Crippen molar-refractivity contribution >= 4 is 34.9 Å². The number of hydrogen-bond donors (Lipinski definition) is 2. The number of imidazole rings is 1. The quantitative estimate of drug-likeness (QED) is 0.269. The summed E-state index contributed by atoms with van der Waals surface area (Å²) in [7, 11) is 0. The first kappa shape index (κ1) is 18.8. The van der Waals surface area contributed by atoms with E-state index in [-0.39, 0.29) is 11.7 Å². The molecule has 0 saturated carbocycles. The van der Waals surface area contributed by atoms with E-state index in [4.69, 9.17) is 4.74 Å². The van der Waals surface area contributed by atoms with Gasteiger partial charge in [0, 0.05) is 0 Å². The van der Waals surface area contributed by atoms with Crippen molar-refractivity contribution in [3.63, 3.8) is 0 Å². The van der Waals surface area contributed by atoms with E-state index < -0.39 is 0 Å². The van der Waals surface area contributed by atoms with Gasteiger partial charge in [0.05, 0.1) is 23.0 Å². The third-order valence-electron chi connectivity index (χ3n) is 3.97. The number of H-pyrrole nitrogens is 1. The van der Waals surface area contributed by atoms with Gasteiger partial charge in [-0.3, -0.25) is 4.79 Å². The monoisotopic (exact) mass is 402 g/mol. The standard InChI is InChI=1S/C22H18N4O2S/c27-21(15-29-22-24-19-8-4-5-9-20(19)25-22)26-23-14-16-10-12-18(13-11-16)28-17-6-2-1-3-7-17/h1-14H,15H2,(H,24,25)(H,26,27)/b23-14-. The summed E-state index contributed by atoms with van der Waals surface area (Å²) < 4.78 is 5.75. The first-order valence-corrected chi connectivity index (χ1v) is 9.97. The second kappa shape index (κ2) is 9.07. The molecule has 0 spiro atoms. The molecule has 29 heavy (non-hydrogen) atoms. The van der Waals surface area contributed by atoms with Crippen molar-refractivity contribution in [1.82, 2.24) is 15.4 Å². The van der Waals surface area contributed by atoms with E-state index in [2.05, 4.69) is 20.5 Å². The van der Waals surface area contributed by atoms with Crippen LogP contribution in [0.4, 0.5) is 0 Å². The molecule has 1 heterocycles. The van der Waals surface area contributed by atoms with Crippen LogP contribution in [-0.4, -0.2) is 27.8 Å². The zero-order valence-electron chi connectivity index (χ0n) is 15.4. The molecular formula is C22H18N4O2S. The number of nitrogens with zero attached hydrogens (tertiary/aromatic N) is 2. The Balaban J connectivity index is 1.25. The number of aromatic amines is 1. The number of hydrogen-bond acceptors (Lipinski definition) is 5. The number of carbonyl (C=O) groups is 1. The van der Waals surface area contributed by atoms with Crippen LogP contribution in [0.5, 0.6) is 11.5 Å². The topological polar surface area (TPSA) is 79.4 Å². The van der Waals surface area contributed by atoms with E-state index in [0.29, 0.717) is 5.16 Å². The van der Waals surface area contributed by atoms with Crippen LogP contribution in [0.15, 0.2) is 89.1 Å². The third-order valence-corrected chi connectivity index (χ3v) is 4.84. The fourth-order valence-corrected chi connectivity index (χ4v) is 3.27. The van der Waals surface area contributed by atoms with Crippen LogP contribution in [0.2, 0.25) is 0 Å². The number of nitrogens with one attached hydrogen (secondary N) is 2. The predicted octanol–water partition coefficient (Wildman–Crippen LogP) is 4.60. The summed E-state index contributed by atoms with van der Waals surface area (Å²) in [5.74, 6) is 1.54. The number of benzene rings is 3. The smallest absolute Gasteiger partial charge is 0.250 e. The molecule has 4 rings (SSSR count). The van der Waals surface area contributed by atoms with Gasteiger partial charge in [0.15, 0.2) is 5.16 Å². The van der Waals surface area contributed by atoms with Gasteiger partial charge < -0.3 is 9.72 Å². The summed E-state index contributed by atoms with van der Waals surface area (Å²) in [6.07, 6.45) is 1.59. The van der Waals surface area contributed by atoms with Crippen LogP contribution in [0.3, 0.4) is 0 Å². The van der Waals surface area contributed by atoms with Gasteiger partial charge in [0.1, 0.15) is 11.5 Å². The molecule has 0 aliphatic rings. The maximum atomic E-state index is 12.0. The highest BCUT2D eigenvalue weighted by Gasteiger charge is 2.06. The molecule has 1 aromatic heterocycles. The van der Waals surface area contributed by atoms with Gasteiger partial charge in [-0.1, -0.05) is 42.1 Å². The van der Waals surface area contributed by atoms with Crippen molar-refractivity contribution in [2.45, 2.75) is 5.16 Å². The number of hydrazone groups is 1. The molecule has 0 atom stereocenters. The second-order valence-electron chi connectivity index (χ2n) is 6.13. The second-order valence-corrected chi connectivity index (χ2v) is 7.09. The van der Waals surface area contributed by atoms with Crippen LogP contribution >= 0.6 is 11.8 Å². The number of carbonyl (C=O) groups excluding carboxylic acids is 1. The number of fused-ring (bicyclic) bond motifs is 1. The third kappa shape index (κ3) is 5.24. The average molecular weight is 402 g/mol. The molecule has 0 aliphatic carbocycles. The average Bonchev–Trinajstić information content (AvgIpc) is 3.17. The summed E-state index contributed by atoms with van der Waals surface area (Å²) in [5, 5.41) is 4.71. The van der Waals surface area contributed by atoms with Crippen LogP contribution in [0, 0.1) is 0 Å². The van der Waals surface area contributed by atoms with Crippen molar-refractivity contribution in [3.8, 4) is 11.5 Å². The van der Waals surface area contributed by atoms with E-state index in [1.54, 1.807) is 6.21 Å². The van der Waals surface area contributed by atoms with Crippen LogP contribution < -0.4 is 10.2 Å². The molecule has 2 N–H and O–H groups in total. The Kier molecular flexibility index (Phi) is 5.87. The Labute approximate surface area is 172 Å². The number of para-hydroxylation sites is 3. The van der Waals surface area contributed by atoms with Gasteiger partial charge in [-0.25, -0.2) is 10.4 Å². The highest BCUT2D eigenvalue weighted by atomic mass is 32.2. The van der Waals surface area contributed by atoms with Gasteiger partial charge in [0.2, 0.25) is 0 Å².